The van der Waals surface area contributed by atoms with Gasteiger partial charge in [-0.05, 0) is 58.6 Å². The fourth-order valence-electron chi connectivity index (χ4n) is 3.83. The van der Waals surface area contributed by atoms with Crippen molar-refractivity contribution in [3.63, 3.8) is 0 Å². The number of carbonyl (C=O) groups excluding carboxylic acids is 2. The summed E-state index contributed by atoms with van der Waals surface area (Å²) in [6, 6.07) is 9.74. The monoisotopic (exact) mass is 373 g/mol. The molecule has 1 aromatic carbocycles. The minimum absolute atomic E-state index is 0.0686. The van der Waals surface area contributed by atoms with Crippen LogP contribution in [0.5, 0.6) is 0 Å². The third-order valence-corrected chi connectivity index (χ3v) is 5.08. The molecular weight excluding hydrogens is 342 g/mol. The molecule has 2 atom stereocenters. The molecule has 2 amide bonds. The number of hydrogen-bond donors (Lipinski definition) is 1. The Hall–Kier alpha value is -2.24. The van der Waals surface area contributed by atoms with E-state index in [0.29, 0.717) is 13.1 Å². The summed E-state index contributed by atoms with van der Waals surface area (Å²) in [4.78, 5) is 29.2. The van der Waals surface area contributed by atoms with Gasteiger partial charge in [0.2, 0.25) is 5.91 Å². The van der Waals surface area contributed by atoms with Crippen molar-refractivity contribution in [3.05, 3.63) is 30.3 Å². The minimum atomic E-state index is -0.504. The maximum Gasteiger partial charge on any atom is 0.410 e. The summed E-state index contributed by atoms with van der Waals surface area (Å²) in [5.74, 6) is 0.140. The van der Waals surface area contributed by atoms with Gasteiger partial charge < -0.3 is 19.9 Å². The van der Waals surface area contributed by atoms with Crippen molar-refractivity contribution in [2.24, 2.45) is 0 Å². The Balaban J connectivity index is 1.62. The normalized spacial score (nSPS) is 23.9. The zero-order chi connectivity index (χ0) is 19.4. The number of amides is 2. The fraction of sp³-hybridized carbons (Fsp3) is 0.619. The zero-order valence-electron chi connectivity index (χ0n) is 16.6. The Kier molecular flexibility index (Phi) is 5.92. The van der Waals surface area contributed by atoms with Crippen molar-refractivity contribution in [1.82, 2.24) is 9.80 Å². The molecule has 0 aliphatic carbocycles. The number of nitrogens with zero attached hydrogens (tertiary/aromatic N) is 2. The molecule has 2 aliphatic heterocycles. The molecule has 1 aromatic rings. The first-order valence-corrected chi connectivity index (χ1v) is 9.93. The molecule has 6 heteroatoms. The summed E-state index contributed by atoms with van der Waals surface area (Å²) in [5, 5.41) is 3.37. The molecule has 1 N–H and O–H groups in total. The number of piperidine rings is 2. The molecule has 0 radical (unpaired) electrons. The van der Waals surface area contributed by atoms with Gasteiger partial charge in [-0.2, -0.15) is 0 Å². The predicted molar refractivity (Wildman–Crippen MR) is 106 cm³/mol. The predicted octanol–water partition coefficient (Wildman–Crippen LogP) is 3.49. The van der Waals surface area contributed by atoms with E-state index in [0.717, 1.165) is 37.9 Å². The third kappa shape index (κ3) is 5.15. The Bertz CT molecular complexity index is 656. The van der Waals surface area contributed by atoms with Gasteiger partial charge in [0.25, 0.3) is 0 Å². The van der Waals surface area contributed by atoms with Crippen LogP contribution < -0.4 is 5.32 Å². The first kappa shape index (κ1) is 19.5. The summed E-state index contributed by atoms with van der Waals surface area (Å²) < 4.78 is 5.51. The second-order valence-electron chi connectivity index (χ2n) is 8.46. The van der Waals surface area contributed by atoms with Gasteiger partial charge in [0, 0.05) is 31.4 Å². The number of ether oxygens (including phenoxy) is 1. The molecule has 2 saturated heterocycles. The smallest absolute Gasteiger partial charge is 0.410 e. The van der Waals surface area contributed by atoms with Gasteiger partial charge in [-0.3, -0.25) is 4.79 Å². The maximum absolute atomic E-state index is 13.1. The van der Waals surface area contributed by atoms with Gasteiger partial charge in [-0.25, -0.2) is 4.79 Å². The SMILES string of the molecule is CC(C)(C)OC(=O)N1CCCC(N2CCCC(Nc3ccccc3)C2=O)C1. The number of rotatable bonds is 3. The van der Waals surface area contributed by atoms with Crippen molar-refractivity contribution >= 4 is 17.7 Å². The summed E-state index contributed by atoms with van der Waals surface area (Å²) in [6.45, 7) is 7.64. The molecule has 2 aliphatic rings. The highest BCUT2D eigenvalue weighted by molar-refractivity contribution is 5.85. The highest BCUT2D eigenvalue weighted by Gasteiger charge is 2.36. The largest absolute Gasteiger partial charge is 0.444 e. The van der Waals surface area contributed by atoms with E-state index < -0.39 is 5.60 Å². The Labute approximate surface area is 161 Å². The lowest BCUT2D eigenvalue weighted by Crippen LogP contribution is -2.57. The van der Waals surface area contributed by atoms with E-state index in [2.05, 4.69) is 5.32 Å². The minimum Gasteiger partial charge on any atom is -0.444 e. The molecule has 0 bridgehead atoms. The van der Waals surface area contributed by atoms with Crippen molar-refractivity contribution in [2.75, 3.05) is 25.0 Å². The third-order valence-electron chi connectivity index (χ3n) is 5.08. The molecule has 6 nitrogen and oxygen atoms in total. The lowest BCUT2D eigenvalue weighted by molar-refractivity contribution is -0.138. The summed E-state index contributed by atoms with van der Waals surface area (Å²) >= 11 is 0. The standard InChI is InChI=1S/C21H31N3O3/c1-21(2,3)27-20(26)23-13-7-11-17(15-23)24-14-8-12-18(19(24)25)22-16-9-5-4-6-10-16/h4-6,9-10,17-18,22H,7-8,11-15H2,1-3H3. The summed E-state index contributed by atoms with van der Waals surface area (Å²) in [6.07, 6.45) is 3.36. The van der Waals surface area contributed by atoms with Crippen LogP contribution in [0.1, 0.15) is 46.5 Å². The van der Waals surface area contributed by atoms with Gasteiger partial charge >= 0.3 is 6.09 Å². The van der Waals surface area contributed by atoms with Crippen LogP contribution >= 0.6 is 0 Å². The molecule has 0 saturated carbocycles. The van der Waals surface area contributed by atoms with Crippen LogP contribution in [0, 0.1) is 0 Å². The van der Waals surface area contributed by atoms with Gasteiger partial charge in [-0.15, -0.1) is 0 Å². The molecule has 2 heterocycles. The fourth-order valence-corrected chi connectivity index (χ4v) is 3.83. The van der Waals surface area contributed by atoms with Crippen LogP contribution in [0.4, 0.5) is 10.5 Å². The van der Waals surface area contributed by atoms with E-state index in [9.17, 15) is 9.59 Å². The number of hydrogen-bond acceptors (Lipinski definition) is 4. The highest BCUT2D eigenvalue weighted by atomic mass is 16.6. The molecule has 2 fully saturated rings. The number of para-hydroxylation sites is 1. The van der Waals surface area contributed by atoms with Gasteiger partial charge in [0.15, 0.2) is 0 Å². The van der Waals surface area contributed by atoms with Crippen LogP contribution in [0.2, 0.25) is 0 Å². The van der Waals surface area contributed by atoms with Crippen molar-refractivity contribution in [2.45, 2.75) is 64.1 Å². The first-order valence-electron chi connectivity index (χ1n) is 9.93. The first-order chi connectivity index (χ1) is 12.8. The topological polar surface area (TPSA) is 61.9 Å². The summed E-state index contributed by atoms with van der Waals surface area (Å²) in [7, 11) is 0. The number of anilines is 1. The van der Waals surface area contributed by atoms with Crippen molar-refractivity contribution in [1.29, 1.82) is 0 Å². The second kappa shape index (κ2) is 8.19. The van der Waals surface area contributed by atoms with E-state index in [1.54, 1.807) is 4.90 Å². The average molecular weight is 373 g/mol. The van der Waals surface area contributed by atoms with E-state index in [-0.39, 0.29) is 24.1 Å². The van der Waals surface area contributed by atoms with Crippen LogP contribution in [0.25, 0.3) is 0 Å². The molecule has 148 valence electrons. The number of benzene rings is 1. The Morgan fingerprint density at radius 1 is 1.11 bits per heavy atom. The highest BCUT2D eigenvalue weighted by Crippen LogP contribution is 2.24. The van der Waals surface area contributed by atoms with Crippen LogP contribution in [0.3, 0.4) is 0 Å². The van der Waals surface area contributed by atoms with Crippen LogP contribution in [0.15, 0.2) is 30.3 Å². The molecule has 27 heavy (non-hydrogen) atoms. The Morgan fingerprint density at radius 3 is 2.52 bits per heavy atom. The number of nitrogens with one attached hydrogen (secondary N) is 1. The van der Waals surface area contributed by atoms with Crippen LogP contribution in [-0.2, 0) is 9.53 Å². The molecule has 3 rings (SSSR count). The molecule has 0 aromatic heterocycles. The number of likely N-dealkylation sites (tertiary alicyclic amines) is 2. The molecule has 0 spiro atoms. The zero-order valence-corrected chi connectivity index (χ0v) is 16.6. The lowest BCUT2D eigenvalue weighted by Gasteiger charge is -2.43. The van der Waals surface area contributed by atoms with Gasteiger partial charge in [-0.1, -0.05) is 18.2 Å². The van der Waals surface area contributed by atoms with Crippen LogP contribution in [-0.4, -0.2) is 59.1 Å². The maximum atomic E-state index is 13.1. The molecular formula is C21H31N3O3. The Morgan fingerprint density at radius 2 is 1.81 bits per heavy atom. The number of carbonyl (C=O) groups is 2. The van der Waals surface area contributed by atoms with E-state index in [1.165, 1.54) is 0 Å². The lowest BCUT2D eigenvalue weighted by atomic mass is 9.98. The van der Waals surface area contributed by atoms with Gasteiger partial charge in [0.05, 0.1) is 0 Å². The molecule has 2 unspecified atom stereocenters. The van der Waals surface area contributed by atoms with E-state index >= 15 is 0 Å². The quantitative estimate of drug-likeness (QED) is 0.881. The second-order valence-corrected chi connectivity index (χ2v) is 8.46. The van der Waals surface area contributed by atoms with Crippen molar-refractivity contribution in [3.8, 4) is 0 Å². The van der Waals surface area contributed by atoms with E-state index in [1.807, 2.05) is 56.0 Å². The van der Waals surface area contributed by atoms with Crippen molar-refractivity contribution < 1.29 is 14.3 Å². The summed E-state index contributed by atoms with van der Waals surface area (Å²) in [5.41, 5.74) is 0.465. The van der Waals surface area contributed by atoms with Gasteiger partial charge in [0.1, 0.15) is 11.6 Å². The average Bonchev–Trinajstić information content (AvgIpc) is 2.63. The van der Waals surface area contributed by atoms with E-state index in [4.69, 9.17) is 4.74 Å².